The van der Waals surface area contributed by atoms with Crippen LogP contribution in [0.2, 0.25) is 0 Å². The molecule has 4 aromatic rings. The van der Waals surface area contributed by atoms with Gasteiger partial charge < -0.3 is 14.8 Å². The van der Waals surface area contributed by atoms with Crippen molar-refractivity contribution in [2.45, 2.75) is 32.9 Å². The number of nitrogens with one attached hydrogen (secondary N) is 1. The predicted octanol–water partition coefficient (Wildman–Crippen LogP) is 6.11. The van der Waals surface area contributed by atoms with E-state index in [1.165, 1.54) is 11.6 Å². The van der Waals surface area contributed by atoms with E-state index < -0.39 is 0 Å². The fraction of sp³-hybridized carbons (Fsp3) is 0.185. The summed E-state index contributed by atoms with van der Waals surface area (Å²) in [6.45, 7) is 6.33. The summed E-state index contributed by atoms with van der Waals surface area (Å²) in [4.78, 5) is 6.50. The summed E-state index contributed by atoms with van der Waals surface area (Å²) < 4.78 is 17.3. The highest BCUT2D eigenvalue weighted by Crippen LogP contribution is 2.44. The van der Waals surface area contributed by atoms with Gasteiger partial charge in [-0.3, -0.25) is 4.98 Å². The van der Waals surface area contributed by atoms with Gasteiger partial charge >= 0.3 is 0 Å². The first kappa shape index (κ1) is 21.3. The molecule has 1 saturated heterocycles. The number of rotatable bonds is 4. The highest BCUT2D eigenvalue weighted by Gasteiger charge is 2.43. The molecule has 0 aliphatic carbocycles. The van der Waals surface area contributed by atoms with Crippen molar-refractivity contribution in [1.29, 1.82) is 0 Å². The molecule has 4 nitrogen and oxygen atoms in total. The molecule has 0 saturated carbocycles. The number of halogens is 1. The number of hydrogen-bond donors (Lipinski definition) is 1. The molecule has 0 radical (unpaired) electrons. The number of nitrogens with zero attached hydrogens (tertiary/aromatic N) is 3. The molecular weight excluding hydrogens is 431 g/mol. The van der Waals surface area contributed by atoms with Crippen LogP contribution < -0.4 is 10.2 Å². The number of anilines is 1. The van der Waals surface area contributed by atoms with Crippen molar-refractivity contribution >= 4 is 23.0 Å². The number of benzene rings is 2. The largest absolute Gasteiger partial charge is 0.351 e. The molecule has 0 amide bonds. The summed E-state index contributed by atoms with van der Waals surface area (Å²) in [5.74, 6) is -0.305. The Labute approximate surface area is 198 Å². The van der Waals surface area contributed by atoms with Gasteiger partial charge in [-0.25, -0.2) is 4.39 Å². The molecule has 0 spiro atoms. The van der Waals surface area contributed by atoms with Crippen molar-refractivity contribution in [2.75, 3.05) is 4.90 Å². The van der Waals surface area contributed by atoms with Crippen LogP contribution in [0.1, 0.15) is 40.3 Å². The Morgan fingerprint density at radius 2 is 1.61 bits per heavy atom. The minimum absolute atomic E-state index is 0.218. The summed E-state index contributed by atoms with van der Waals surface area (Å²) >= 11 is 5.75. The predicted molar refractivity (Wildman–Crippen MR) is 134 cm³/mol. The van der Waals surface area contributed by atoms with E-state index in [9.17, 15) is 4.39 Å². The number of aromatic nitrogens is 2. The van der Waals surface area contributed by atoms with Crippen LogP contribution in [0.15, 0.2) is 79.0 Å². The van der Waals surface area contributed by atoms with Crippen LogP contribution in [0.4, 0.5) is 10.1 Å². The summed E-state index contributed by atoms with van der Waals surface area (Å²) in [6.07, 6.45) is 1.78. The van der Waals surface area contributed by atoms with Gasteiger partial charge in [-0.05, 0) is 80.5 Å². The molecule has 6 heteroatoms. The van der Waals surface area contributed by atoms with E-state index in [-0.39, 0.29) is 17.9 Å². The Bertz CT molecular complexity index is 1330. The van der Waals surface area contributed by atoms with Gasteiger partial charge in [0.2, 0.25) is 0 Å². The topological polar surface area (TPSA) is 33.1 Å². The first-order valence-corrected chi connectivity index (χ1v) is 11.4. The van der Waals surface area contributed by atoms with Crippen molar-refractivity contribution in [3.8, 4) is 5.69 Å². The van der Waals surface area contributed by atoms with Gasteiger partial charge in [-0.15, -0.1) is 0 Å². The summed E-state index contributed by atoms with van der Waals surface area (Å²) in [6, 6.07) is 22.7. The molecule has 1 N–H and O–H groups in total. The smallest absolute Gasteiger partial charge is 0.174 e. The van der Waals surface area contributed by atoms with Gasteiger partial charge in [0.15, 0.2) is 5.11 Å². The average Bonchev–Trinajstić information content (AvgIpc) is 3.30. The SMILES string of the molecule is Cc1ccccc1-n1c(C)cc([C@H]2[C@@H](c3ccccn3)NC(=S)N2c2ccccc2F)c1C. The Balaban J connectivity index is 1.71. The van der Waals surface area contributed by atoms with Crippen molar-refractivity contribution < 1.29 is 4.39 Å². The molecule has 1 fully saturated rings. The lowest BCUT2D eigenvalue weighted by molar-refractivity contribution is 0.556. The minimum Gasteiger partial charge on any atom is -0.351 e. The fourth-order valence-corrected chi connectivity index (χ4v) is 5.19. The quantitative estimate of drug-likeness (QED) is 0.376. The monoisotopic (exact) mass is 456 g/mol. The van der Waals surface area contributed by atoms with E-state index in [1.54, 1.807) is 18.3 Å². The van der Waals surface area contributed by atoms with Crippen molar-refractivity contribution in [3.05, 3.63) is 113 Å². The fourth-order valence-electron chi connectivity index (χ4n) is 4.85. The third-order valence-corrected chi connectivity index (χ3v) is 6.67. The Morgan fingerprint density at radius 1 is 0.909 bits per heavy atom. The second-order valence-corrected chi connectivity index (χ2v) is 8.78. The molecule has 5 rings (SSSR count). The molecule has 2 aromatic heterocycles. The van der Waals surface area contributed by atoms with Crippen LogP contribution in [0.25, 0.3) is 5.69 Å². The van der Waals surface area contributed by atoms with Gasteiger partial charge in [0, 0.05) is 23.3 Å². The molecule has 33 heavy (non-hydrogen) atoms. The van der Waals surface area contributed by atoms with Gasteiger partial charge in [0.05, 0.1) is 23.5 Å². The maximum Gasteiger partial charge on any atom is 0.174 e. The molecule has 0 bridgehead atoms. The van der Waals surface area contributed by atoms with E-state index in [1.807, 2.05) is 35.2 Å². The van der Waals surface area contributed by atoms with Gasteiger partial charge in [-0.2, -0.15) is 0 Å². The molecule has 166 valence electrons. The van der Waals surface area contributed by atoms with E-state index >= 15 is 0 Å². The molecule has 0 unspecified atom stereocenters. The Hall–Kier alpha value is -3.51. The highest BCUT2D eigenvalue weighted by molar-refractivity contribution is 7.80. The van der Waals surface area contributed by atoms with Gasteiger partial charge in [0.25, 0.3) is 0 Å². The van der Waals surface area contributed by atoms with Crippen LogP contribution >= 0.6 is 12.2 Å². The van der Waals surface area contributed by atoms with E-state index in [2.05, 4.69) is 59.9 Å². The lowest BCUT2D eigenvalue weighted by atomic mass is 9.96. The van der Waals surface area contributed by atoms with Gasteiger partial charge in [0.1, 0.15) is 5.82 Å². The molecular formula is C27H25FN4S. The molecule has 3 heterocycles. The Kier molecular flexibility index (Phi) is 5.46. The zero-order chi connectivity index (χ0) is 23.1. The van der Waals surface area contributed by atoms with Crippen LogP contribution in [-0.2, 0) is 0 Å². The lowest BCUT2D eigenvalue weighted by Gasteiger charge is -2.28. The number of thiocarbonyl (C=S) groups is 1. The van der Waals surface area contributed by atoms with Crippen LogP contribution in [0, 0.1) is 26.6 Å². The summed E-state index contributed by atoms with van der Waals surface area (Å²) in [5, 5.41) is 3.91. The first-order valence-electron chi connectivity index (χ1n) is 11.0. The van der Waals surface area contributed by atoms with Gasteiger partial charge in [-0.1, -0.05) is 36.4 Å². The second-order valence-electron chi connectivity index (χ2n) is 8.40. The first-order chi connectivity index (χ1) is 16.0. The maximum atomic E-state index is 15.0. The van der Waals surface area contributed by atoms with E-state index in [4.69, 9.17) is 12.2 Å². The molecule has 2 atom stereocenters. The Morgan fingerprint density at radius 3 is 2.30 bits per heavy atom. The second kappa shape index (κ2) is 8.45. The number of para-hydroxylation sites is 2. The number of aryl methyl sites for hydroxylation is 2. The van der Waals surface area contributed by atoms with Crippen molar-refractivity contribution in [1.82, 2.24) is 14.9 Å². The standard InChI is InChI=1S/C27H25FN4S/c1-17-10-4-6-13-23(17)31-18(2)16-20(19(31)3)26-25(22-12-8-9-15-29-22)30-27(33)32(26)24-14-7-5-11-21(24)28/h4-16,25-26H,1-3H3,(H,30,33)/t25-,26+/m1/s1. The lowest BCUT2D eigenvalue weighted by Crippen LogP contribution is -2.30. The summed E-state index contributed by atoms with van der Waals surface area (Å²) in [7, 11) is 0. The van der Waals surface area contributed by atoms with Crippen molar-refractivity contribution in [3.63, 3.8) is 0 Å². The average molecular weight is 457 g/mol. The van der Waals surface area contributed by atoms with Crippen LogP contribution in [0.5, 0.6) is 0 Å². The highest BCUT2D eigenvalue weighted by atomic mass is 32.1. The van der Waals surface area contributed by atoms with Crippen molar-refractivity contribution in [2.24, 2.45) is 0 Å². The minimum atomic E-state index is -0.305. The zero-order valence-corrected chi connectivity index (χ0v) is 19.6. The zero-order valence-electron chi connectivity index (χ0n) is 18.8. The number of hydrogen-bond acceptors (Lipinski definition) is 2. The molecule has 1 aliphatic rings. The maximum absolute atomic E-state index is 15.0. The summed E-state index contributed by atoms with van der Waals surface area (Å²) in [5.41, 5.74) is 6.95. The van der Waals surface area contributed by atoms with E-state index in [0.717, 1.165) is 28.3 Å². The van der Waals surface area contributed by atoms with Crippen LogP contribution in [-0.4, -0.2) is 14.7 Å². The molecule has 1 aliphatic heterocycles. The normalized spacial score (nSPS) is 17.9. The third-order valence-electron chi connectivity index (χ3n) is 6.36. The van der Waals surface area contributed by atoms with E-state index in [0.29, 0.717) is 10.8 Å². The third kappa shape index (κ3) is 3.60. The number of pyridine rings is 1. The molecule has 2 aromatic carbocycles. The van der Waals surface area contributed by atoms with Crippen LogP contribution in [0.3, 0.4) is 0 Å².